The van der Waals surface area contributed by atoms with E-state index in [0.717, 1.165) is 0 Å². The summed E-state index contributed by atoms with van der Waals surface area (Å²) < 4.78 is 0. The quantitative estimate of drug-likeness (QED) is 0.215. The maximum Gasteiger partial charge on any atom is 0.00947 e. The molecule has 0 radical (unpaired) electrons. The van der Waals surface area contributed by atoms with Crippen molar-refractivity contribution in [2.24, 2.45) is 0 Å². The second-order valence-corrected chi connectivity index (χ2v) is 16.8. The number of halogens is 1. The third-order valence-corrected chi connectivity index (χ3v) is 18.4. The molecule has 0 amide bonds. The fourth-order valence-electron chi connectivity index (χ4n) is 0.0683. The van der Waals surface area contributed by atoms with Crippen LogP contribution in [-0.4, -0.2) is 0 Å². The number of thiol groups is 1. The molecular weight excluding hydrogens is 416 g/mol. The number of rotatable bonds is 7. The second-order valence-electron chi connectivity index (χ2n) is 0.546. The lowest BCUT2D eigenvalue weighted by atomic mass is 30.2. The third kappa shape index (κ3) is 11.9. The average Bonchev–Trinajstić information content (AvgIpc) is 1.97. The zero-order chi connectivity index (χ0) is 7.66. The first-order chi connectivity index (χ1) is 4.91. The highest BCUT2D eigenvalue weighted by atomic mass is 127. The summed E-state index contributed by atoms with van der Waals surface area (Å²) >= 11 is 6.25. The van der Waals surface area contributed by atoms with E-state index in [2.05, 4.69) is 32.9 Å². The van der Waals surface area contributed by atoms with Gasteiger partial charge < -0.3 is 0 Å². The van der Waals surface area contributed by atoms with Gasteiger partial charge in [-0.05, 0) is 76.7 Å². The topological polar surface area (TPSA) is 0 Å². The van der Waals surface area contributed by atoms with Gasteiger partial charge in [0, 0.05) is 21.2 Å². The molecule has 0 saturated heterocycles. The van der Waals surface area contributed by atoms with Gasteiger partial charge in [-0.1, -0.05) is 11.7 Å². The summed E-state index contributed by atoms with van der Waals surface area (Å²) in [6.07, 6.45) is 0. The van der Waals surface area contributed by atoms with Crippen LogP contribution < -0.4 is 0 Å². The molecule has 0 saturated carbocycles. The molecule has 0 aliphatic rings. The van der Waals surface area contributed by atoms with Crippen LogP contribution in [0.25, 0.3) is 0 Å². The zero-order valence-corrected chi connectivity index (χ0v) is 13.7. The standard InChI is InChI=1S/HIS9/c1-3-5-7-9-10-8-6-4-2/h2H. The molecule has 0 aromatic carbocycles. The normalized spacial score (nSPS) is 10.2. The molecule has 0 aromatic rings. The predicted molar refractivity (Wildman–Crippen MR) is 83.7 cm³/mol. The molecule has 0 heterocycles. The van der Waals surface area contributed by atoms with Crippen molar-refractivity contribution < 1.29 is 0 Å². The van der Waals surface area contributed by atoms with Gasteiger partial charge in [-0.15, -0.1) is 0 Å². The van der Waals surface area contributed by atoms with Crippen molar-refractivity contribution in [3.05, 3.63) is 0 Å². The van der Waals surface area contributed by atoms with Crippen LogP contribution in [0.1, 0.15) is 0 Å². The first-order valence-electron chi connectivity index (χ1n) is 1.50. The van der Waals surface area contributed by atoms with Gasteiger partial charge >= 0.3 is 0 Å². The van der Waals surface area contributed by atoms with Gasteiger partial charge in [0.15, 0.2) is 0 Å². The van der Waals surface area contributed by atoms with Gasteiger partial charge in [-0.3, -0.25) is 0 Å². The van der Waals surface area contributed by atoms with E-state index in [1.807, 2.05) is 0 Å². The zero-order valence-electron chi connectivity index (χ0n) is 4.09. The summed E-state index contributed by atoms with van der Waals surface area (Å²) in [5.41, 5.74) is 0. The molecule has 0 aliphatic heterocycles. The van der Waals surface area contributed by atoms with Crippen molar-refractivity contribution in [3.63, 3.8) is 0 Å². The minimum atomic E-state index is 1.48. The number of hydrogen-bond acceptors (Lipinski definition) is 9. The smallest absolute Gasteiger partial charge is 0.00947 e. The summed E-state index contributed by atoms with van der Waals surface area (Å²) in [5, 5.41) is 0. The monoisotopic (exact) mass is 416 g/mol. The van der Waals surface area contributed by atoms with Crippen molar-refractivity contribution >= 4 is 110 Å². The van der Waals surface area contributed by atoms with Gasteiger partial charge in [0.2, 0.25) is 0 Å². The van der Waals surface area contributed by atoms with Gasteiger partial charge in [0.05, 0.1) is 0 Å². The van der Waals surface area contributed by atoms with Crippen molar-refractivity contribution in [2.75, 3.05) is 0 Å². The molecule has 0 atom stereocenters. The average molecular weight is 417 g/mol. The molecular formula is HIS9. The Labute approximate surface area is 107 Å². The van der Waals surface area contributed by atoms with E-state index in [0.29, 0.717) is 0 Å². The Morgan fingerprint density at radius 1 is 0.800 bits per heavy atom. The third-order valence-electron chi connectivity index (χ3n) is 0.195. The van der Waals surface area contributed by atoms with Gasteiger partial charge in [-0.2, -0.15) is 0 Å². The summed E-state index contributed by atoms with van der Waals surface area (Å²) in [7, 11) is 13.8. The highest BCUT2D eigenvalue weighted by Gasteiger charge is 1.92. The first kappa shape index (κ1) is 13.9. The maximum atomic E-state index is 3.98. The van der Waals surface area contributed by atoms with Crippen molar-refractivity contribution in [1.82, 2.24) is 0 Å². The second kappa shape index (κ2) is 12.9. The summed E-state index contributed by atoms with van der Waals surface area (Å²) in [4.78, 5) is 0. The molecule has 0 spiro atoms. The maximum absolute atomic E-state index is 3.98. The molecule has 0 bridgehead atoms. The van der Waals surface area contributed by atoms with Crippen LogP contribution in [0.2, 0.25) is 0 Å². The molecule has 0 nitrogen and oxygen atoms in total. The SMILES string of the molecule is SSSSSSSSSI. The van der Waals surface area contributed by atoms with E-state index in [1.54, 1.807) is 66.9 Å². The summed E-state index contributed by atoms with van der Waals surface area (Å²) in [5.74, 6) is 0. The minimum Gasteiger partial charge on any atom is -0.0988 e. The Balaban J connectivity index is 2.65. The van der Waals surface area contributed by atoms with Crippen LogP contribution in [0, 0.1) is 0 Å². The van der Waals surface area contributed by atoms with E-state index in [9.17, 15) is 0 Å². The van der Waals surface area contributed by atoms with E-state index in [-0.39, 0.29) is 0 Å². The van der Waals surface area contributed by atoms with Crippen LogP contribution >= 0.6 is 110 Å². The molecule has 0 aliphatic carbocycles. The Kier molecular flexibility index (Phi) is 17.9. The van der Waals surface area contributed by atoms with Crippen molar-refractivity contribution in [2.45, 2.75) is 0 Å². The van der Waals surface area contributed by atoms with Gasteiger partial charge in [0.1, 0.15) is 0 Å². The molecule has 0 rings (SSSR count). The predicted octanol–water partition coefficient (Wildman–Crippen LogP) is 6.45. The van der Waals surface area contributed by atoms with Crippen LogP contribution in [0.3, 0.4) is 0 Å². The van der Waals surface area contributed by atoms with E-state index in [4.69, 9.17) is 0 Å². The fourth-order valence-corrected chi connectivity index (χ4v) is 19.7. The highest BCUT2D eigenvalue weighted by molar-refractivity contribution is 14.2. The molecule has 0 N–H and O–H groups in total. The number of hydrogen-bond donors (Lipinski definition) is 1. The minimum absolute atomic E-state index is 1.48. The summed E-state index contributed by atoms with van der Waals surface area (Å²) in [6, 6.07) is 0. The first-order valence-corrected chi connectivity index (χ1v) is 15.2. The van der Waals surface area contributed by atoms with Gasteiger partial charge in [0.25, 0.3) is 0 Å². The Morgan fingerprint density at radius 2 is 1.30 bits per heavy atom. The molecule has 10 heavy (non-hydrogen) atoms. The lowest BCUT2D eigenvalue weighted by Gasteiger charge is -1.92. The molecule has 0 aromatic heterocycles. The van der Waals surface area contributed by atoms with E-state index < -0.39 is 0 Å². The van der Waals surface area contributed by atoms with Crippen molar-refractivity contribution in [3.8, 4) is 0 Å². The van der Waals surface area contributed by atoms with Crippen LogP contribution in [0.4, 0.5) is 0 Å². The Hall–Kier alpha value is 3.88. The molecule has 0 unspecified atom stereocenters. The molecule has 10 heteroatoms. The van der Waals surface area contributed by atoms with Gasteiger partial charge in [-0.25, -0.2) is 0 Å². The van der Waals surface area contributed by atoms with Crippen LogP contribution in [0.15, 0.2) is 0 Å². The van der Waals surface area contributed by atoms with Crippen molar-refractivity contribution in [1.29, 1.82) is 0 Å². The van der Waals surface area contributed by atoms with Crippen LogP contribution in [0.5, 0.6) is 0 Å². The Morgan fingerprint density at radius 3 is 1.80 bits per heavy atom. The van der Waals surface area contributed by atoms with Crippen LogP contribution in [-0.2, 0) is 0 Å². The molecule has 62 valence electrons. The largest absolute Gasteiger partial charge is 0.0988 e. The summed E-state index contributed by atoms with van der Waals surface area (Å²) in [6.45, 7) is 0. The molecule has 0 fully saturated rings. The lowest BCUT2D eigenvalue weighted by Crippen LogP contribution is -1.27. The van der Waals surface area contributed by atoms with E-state index in [1.165, 1.54) is 9.83 Å². The lowest BCUT2D eigenvalue weighted by molar-refractivity contribution is 5.69. The highest BCUT2D eigenvalue weighted by Crippen LogP contribution is 2.58. The fraction of sp³-hybridized carbons (Fsp3) is 0. The Bertz CT molecular complexity index is 44.7. The van der Waals surface area contributed by atoms with E-state index >= 15 is 0 Å².